The molecule has 1 saturated carbocycles. The van der Waals surface area contributed by atoms with Crippen LogP contribution in [0.15, 0.2) is 0 Å². The zero-order valence-electron chi connectivity index (χ0n) is 9.17. The van der Waals surface area contributed by atoms with Crippen molar-refractivity contribution >= 4 is 0 Å². The van der Waals surface area contributed by atoms with Crippen LogP contribution in [-0.2, 0) is 4.74 Å². The smallest absolute Gasteiger partial charge is 0.0701 e. The molecule has 0 aromatic carbocycles. The summed E-state index contributed by atoms with van der Waals surface area (Å²) in [5.41, 5.74) is 0. The van der Waals surface area contributed by atoms with E-state index in [1.54, 1.807) is 0 Å². The summed E-state index contributed by atoms with van der Waals surface area (Å²) in [5, 5.41) is 12.2. The maximum atomic E-state index is 8.63. The lowest BCUT2D eigenvalue weighted by Crippen LogP contribution is -2.35. The van der Waals surface area contributed by atoms with E-state index in [1.165, 1.54) is 19.3 Å². The van der Waals surface area contributed by atoms with Gasteiger partial charge in [-0.05, 0) is 38.6 Å². The highest BCUT2D eigenvalue weighted by Gasteiger charge is 2.20. The molecular formula is C11H23NO2. The minimum Gasteiger partial charge on any atom is -0.394 e. The van der Waals surface area contributed by atoms with E-state index in [4.69, 9.17) is 9.84 Å². The van der Waals surface area contributed by atoms with Crippen LogP contribution in [0.1, 0.15) is 39.0 Å². The van der Waals surface area contributed by atoms with Crippen molar-refractivity contribution in [3.63, 3.8) is 0 Å². The maximum Gasteiger partial charge on any atom is 0.0701 e. The molecule has 0 atom stereocenters. The molecule has 0 aromatic rings. The molecule has 0 saturated heterocycles. The van der Waals surface area contributed by atoms with Gasteiger partial charge in [-0.15, -0.1) is 0 Å². The zero-order chi connectivity index (χ0) is 10.2. The summed E-state index contributed by atoms with van der Waals surface area (Å²) in [6.07, 6.45) is 6.32. The fraction of sp³-hybridized carbons (Fsp3) is 1.00. The Labute approximate surface area is 86.8 Å². The van der Waals surface area contributed by atoms with Crippen LogP contribution < -0.4 is 5.32 Å². The molecule has 84 valence electrons. The second-order valence-corrected chi connectivity index (χ2v) is 4.02. The monoisotopic (exact) mass is 201 g/mol. The lowest BCUT2D eigenvalue weighted by Gasteiger charge is -2.29. The van der Waals surface area contributed by atoms with Gasteiger partial charge >= 0.3 is 0 Å². The number of ether oxygens (including phenoxy) is 1. The van der Waals surface area contributed by atoms with E-state index in [1.807, 2.05) is 0 Å². The first-order valence-corrected chi connectivity index (χ1v) is 5.82. The molecule has 1 rings (SSSR count). The quantitative estimate of drug-likeness (QED) is 0.681. The molecule has 0 heterocycles. The fourth-order valence-corrected chi connectivity index (χ4v) is 2.00. The lowest BCUT2D eigenvalue weighted by atomic mass is 9.93. The first kappa shape index (κ1) is 12.0. The molecule has 3 heteroatoms. The van der Waals surface area contributed by atoms with Gasteiger partial charge in [0, 0.05) is 6.04 Å². The summed E-state index contributed by atoms with van der Waals surface area (Å²) < 4.78 is 5.51. The SMILES string of the molecule is CCCNC1CCC(OCCO)CC1. The molecule has 0 radical (unpaired) electrons. The maximum absolute atomic E-state index is 8.63. The molecule has 0 spiro atoms. The molecule has 1 aliphatic carbocycles. The average molecular weight is 201 g/mol. The predicted molar refractivity (Wildman–Crippen MR) is 57.4 cm³/mol. The highest BCUT2D eigenvalue weighted by molar-refractivity contribution is 4.77. The lowest BCUT2D eigenvalue weighted by molar-refractivity contribution is 0.00417. The van der Waals surface area contributed by atoms with Gasteiger partial charge in [-0.25, -0.2) is 0 Å². The van der Waals surface area contributed by atoms with E-state index in [0.29, 0.717) is 18.8 Å². The summed E-state index contributed by atoms with van der Waals surface area (Å²) in [6, 6.07) is 0.698. The Hall–Kier alpha value is -0.120. The average Bonchev–Trinajstić information content (AvgIpc) is 2.25. The minimum absolute atomic E-state index is 0.147. The van der Waals surface area contributed by atoms with E-state index < -0.39 is 0 Å². The Morgan fingerprint density at radius 3 is 2.57 bits per heavy atom. The molecule has 14 heavy (non-hydrogen) atoms. The van der Waals surface area contributed by atoms with Crippen molar-refractivity contribution in [1.82, 2.24) is 5.32 Å². The second kappa shape index (κ2) is 7.21. The molecule has 1 aliphatic rings. The molecule has 1 fully saturated rings. The normalized spacial score (nSPS) is 27.9. The number of nitrogens with one attached hydrogen (secondary N) is 1. The number of hydrogen-bond donors (Lipinski definition) is 2. The third-order valence-electron chi connectivity index (χ3n) is 2.80. The van der Waals surface area contributed by atoms with Gasteiger partial charge in [0.1, 0.15) is 0 Å². The summed E-state index contributed by atoms with van der Waals surface area (Å²) in [7, 11) is 0. The summed E-state index contributed by atoms with van der Waals surface area (Å²) in [4.78, 5) is 0. The van der Waals surface area contributed by atoms with Crippen LogP contribution in [-0.4, -0.2) is 37.0 Å². The fourth-order valence-electron chi connectivity index (χ4n) is 2.00. The van der Waals surface area contributed by atoms with Crippen LogP contribution in [0.5, 0.6) is 0 Å². The Balaban J connectivity index is 2.05. The van der Waals surface area contributed by atoms with Crippen LogP contribution in [0.2, 0.25) is 0 Å². The minimum atomic E-state index is 0.147. The van der Waals surface area contributed by atoms with Gasteiger partial charge in [0.15, 0.2) is 0 Å². The summed E-state index contributed by atoms with van der Waals surface area (Å²) in [6.45, 7) is 3.97. The Morgan fingerprint density at radius 1 is 1.29 bits per heavy atom. The van der Waals surface area contributed by atoms with E-state index in [0.717, 1.165) is 19.4 Å². The van der Waals surface area contributed by atoms with Crippen LogP contribution in [0, 0.1) is 0 Å². The second-order valence-electron chi connectivity index (χ2n) is 4.02. The van der Waals surface area contributed by atoms with Gasteiger partial charge in [0.2, 0.25) is 0 Å². The van der Waals surface area contributed by atoms with Gasteiger partial charge in [-0.2, -0.15) is 0 Å². The van der Waals surface area contributed by atoms with Gasteiger partial charge in [0.25, 0.3) is 0 Å². The van der Waals surface area contributed by atoms with E-state index in [9.17, 15) is 0 Å². The molecule has 0 unspecified atom stereocenters. The third kappa shape index (κ3) is 4.40. The van der Waals surface area contributed by atoms with Gasteiger partial charge < -0.3 is 15.2 Å². The topological polar surface area (TPSA) is 41.5 Å². The summed E-state index contributed by atoms with van der Waals surface area (Å²) >= 11 is 0. The predicted octanol–water partition coefficient (Wildman–Crippen LogP) is 1.31. The molecule has 0 aliphatic heterocycles. The standard InChI is InChI=1S/C11H23NO2/c1-2-7-12-10-3-5-11(6-4-10)14-9-8-13/h10-13H,2-9H2,1H3. The largest absolute Gasteiger partial charge is 0.394 e. The van der Waals surface area contributed by atoms with E-state index >= 15 is 0 Å². The molecule has 0 amide bonds. The zero-order valence-corrected chi connectivity index (χ0v) is 9.17. The van der Waals surface area contributed by atoms with Crippen molar-refractivity contribution in [2.45, 2.75) is 51.2 Å². The summed E-state index contributed by atoms with van der Waals surface area (Å²) in [5.74, 6) is 0. The van der Waals surface area contributed by atoms with Crippen molar-refractivity contribution in [2.24, 2.45) is 0 Å². The van der Waals surface area contributed by atoms with Crippen molar-refractivity contribution in [2.75, 3.05) is 19.8 Å². The highest BCUT2D eigenvalue weighted by atomic mass is 16.5. The van der Waals surface area contributed by atoms with E-state index in [-0.39, 0.29) is 6.61 Å². The van der Waals surface area contributed by atoms with Crippen molar-refractivity contribution in [3.8, 4) is 0 Å². The Bertz CT molecular complexity index is 117. The van der Waals surface area contributed by atoms with Crippen LogP contribution in [0.4, 0.5) is 0 Å². The number of aliphatic hydroxyl groups is 1. The van der Waals surface area contributed by atoms with Crippen molar-refractivity contribution < 1.29 is 9.84 Å². The number of rotatable bonds is 6. The number of hydrogen-bond acceptors (Lipinski definition) is 3. The highest BCUT2D eigenvalue weighted by Crippen LogP contribution is 2.20. The third-order valence-corrected chi connectivity index (χ3v) is 2.80. The molecule has 0 bridgehead atoms. The van der Waals surface area contributed by atoms with Crippen LogP contribution in [0.25, 0.3) is 0 Å². The first-order valence-electron chi connectivity index (χ1n) is 5.82. The van der Waals surface area contributed by atoms with Gasteiger partial charge in [-0.1, -0.05) is 6.92 Å². The molecule has 2 N–H and O–H groups in total. The van der Waals surface area contributed by atoms with Gasteiger partial charge in [-0.3, -0.25) is 0 Å². The molecule has 0 aromatic heterocycles. The first-order chi connectivity index (χ1) is 6.86. The van der Waals surface area contributed by atoms with E-state index in [2.05, 4.69) is 12.2 Å². The Morgan fingerprint density at radius 2 is 2.00 bits per heavy atom. The van der Waals surface area contributed by atoms with Gasteiger partial charge in [0.05, 0.1) is 19.3 Å². The van der Waals surface area contributed by atoms with Crippen LogP contribution >= 0.6 is 0 Å². The molecular weight excluding hydrogens is 178 g/mol. The van der Waals surface area contributed by atoms with Crippen molar-refractivity contribution in [3.05, 3.63) is 0 Å². The molecule has 3 nitrogen and oxygen atoms in total. The van der Waals surface area contributed by atoms with Crippen molar-refractivity contribution in [1.29, 1.82) is 0 Å². The number of aliphatic hydroxyl groups excluding tert-OH is 1. The Kier molecular flexibility index (Phi) is 6.15. The van der Waals surface area contributed by atoms with Crippen LogP contribution in [0.3, 0.4) is 0 Å².